The lowest BCUT2D eigenvalue weighted by molar-refractivity contribution is -0.748. The zero-order valence-electron chi connectivity index (χ0n) is 28.6. The average molecular weight is 843 g/mol. The van der Waals surface area contributed by atoms with E-state index < -0.39 is 96.3 Å². The normalized spacial score (nSPS) is 31.6. The zero-order valence-corrected chi connectivity index (χ0v) is 31.3. The van der Waals surface area contributed by atoms with E-state index in [-0.39, 0.29) is 40.8 Å². The summed E-state index contributed by atoms with van der Waals surface area (Å²) in [6.45, 7) is -1.81. The van der Waals surface area contributed by atoms with Crippen LogP contribution >= 0.6 is 23.5 Å². The number of nitrogen functional groups attached to an aromatic ring is 2. The number of rotatable bonds is 13. The van der Waals surface area contributed by atoms with Crippen molar-refractivity contribution in [3.8, 4) is 0 Å². The Labute approximate surface area is 305 Å². The molecule has 0 amide bonds. The summed E-state index contributed by atoms with van der Waals surface area (Å²) in [6, 6.07) is -0.590. The second-order valence-electron chi connectivity index (χ2n) is 12.9. The molecule has 5 unspecified atom stereocenters. The van der Waals surface area contributed by atoms with Gasteiger partial charge in [0.1, 0.15) is 30.0 Å². The van der Waals surface area contributed by atoms with Crippen LogP contribution in [0.2, 0.25) is 0 Å². The number of phosphoric acid groups is 3. The van der Waals surface area contributed by atoms with Gasteiger partial charge in [-0.2, -0.15) is 13.6 Å². The molecule has 7 rings (SSSR count). The number of imidazole rings is 2. The van der Waals surface area contributed by atoms with Crippen molar-refractivity contribution in [1.29, 1.82) is 0 Å². The van der Waals surface area contributed by atoms with Crippen molar-refractivity contribution >= 4 is 57.7 Å². The number of aryl methyl sites for hydroxylation is 1. The molecular formula is C24H35N11O17P3+. The van der Waals surface area contributed by atoms with Crippen molar-refractivity contribution in [2.75, 3.05) is 45.4 Å². The maximum atomic E-state index is 12.9. The number of hydrogen-bond donors (Lipinski definition) is 9. The lowest BCUT2D eigenvalue weighted by Crippen LogP contribution is -2.54. The molecule has 2 bridgehead atoms. The number of likely N-dealkylation sites (N-methyl/N-ethyl adjacent to an activating group) is 1. The molecule has 28 nitrogen and oxygen atoms in total. The van der Waals surface area contributed by atoms with Gasteiger partial charge in [0.05, 0.1) is 32.6 Å². The number of nitrogens with two attached hydrogens (primary N) is 2. The number of likely N-dealkylation sites (tertiary alicyclic amines) is 1. The fraction of sp³-hybridized carbons (Fsp3) is 0.583. The van der Waals surface area contributed by atoms with Crippen molar-refractivity contribution in [3.63, 3.8) is 0 Å². The first-order valence-corrected chi connectivity index (χ1v) is 20.2. The number of aliphatic hydroxyl groups is 2. The molecular weight excluding hydrogens is 807 g/mol. The summed E-state index contributed by atoms with van der Waals surface area (Å²) in [7, 11) is -12.6. The minimum atomic E-state index is -5.96. The Morgan fingerprint density at radius 1 is 1.00 bits per heavy atom. The van der Waals surface area contributed by atoms with Crippen LogP contribution < -0.4 is 27.2 Å². The van der Waals surface area contributed by atoms with E-state index in [1.807, 2.05) is 0 Å². The highest BCUT2D eigenvalue weighted by Crippen LogP contribution is 2.68. The average Bonchev–Trinajstić information content (AvgIpc) is 3.84. The Bertz CT molecular complexity index is 2420. The molecule has 4 aromatic rings. The van der Waals surface area contributed by atoms with E-state index in [9.17, 15) is 48.2 Å². The number of morpholine rings is 1. The van der Waals surface area contributed by atoms with Crippen molar-refractivity contribution in [2.45, 2.75) is 48.5 Å². The number of aliphatic hydroxyl groups excluding tert-OH is 2. The highest BCUT2D eigenvalue weighted by atomic mass is 31.3. The second kappa shape index (κ2) is 13.8. The van der Waals surface area contributed by atoms with Gasteiger partial charge >= 0.3 is 29.1 Å². The highest BCUT2D eigenvalue weighted by molar-refractivity contribution is 7.66. The summed E-state index contributed by atoms with van der Waals surface area (Å²) >= 11 is 0. The molecule has 11 atom stereocenters. The molecule has 0 radical (unpaired) electrons. The van der Waals surface area contributed by atoms with E-state index in [1.165, 1.54) is 22.6 Å². The first-order valence-electron chi connectivity index (χ1n) is 15.8. The summed E-state index contributed by atoms with van der Waals surface area (Å²) in [4.78, 5) is 73.9. The number of ether oxygens (including phenoxy) is 3. The summed E-state index contributed by atoms with van der Waals surface area (Å²) in [5, 5.41) is 21.1. The van der Waals surface area contributed by atoms with Gasteiger partial charge in [0, 0.05) is 13.7 Å². The van der Waals surface area contributed by atoms with Gasteiger partial charge in [0.25, 0.3) is 17.1 Å². The van der Waals surface area contributed by atoms with Crippen LogP contribution in [0, 0.1) is 0 Å². The number of anilines is 2. The quantitative estimate of drug-likeness (QED) is 0.0464. The summed E-state index contributed by atoms with van der Waals surface area (Å²) in [5.41, 5.74) is 8.60. The van der Waals surface area contributed by atoms with Gasteiger partial charge in [-0.25, -0.2) is 23.2 Å². The first-order chi connectivity index (χ1) is 25.6. The predicted molar refractivity (Wildman–Crippen MR) is 178 cm³/mol. The molecule has 3 saturated heterocycles. The van der Waals surface area contributed by atoms with E-state index in [4.69, 9.17) is 30.2 Å². The molecule has 0 saturated carbocycles. The molecule has 55 heavy (non-hydrogen) atoms. The number of aromatic nitrogens is 8. The van der Waals surface area contributed by atoms with Gasteiger partial charge in [0.2, 0.25) is 17.7 Å². The number of fused-ring (bicyclic) bond motifs is 4. The van der Waals surface area contributed by atoms with Gasteiger partial charge in [-0.3, -0.25) is 42.6 Å². The largest absolute Gasteiger partial charge is 0.490 e. The number of aromatic amines is 2. The smallest absolute Gasteiger partial charge is 0.387 e. The van der Waals surface area contributed by atoms with Crippen molar-refractivity contribution in [3.05, 3.63) is 33.4 Å². The SMILES string of the molecule is CO[C@@H]1C2[C@H]([n+]3cn(C)c4c(=O)[nH]c(N)nc43)O[C@@]1(COP(=O)(O)OP(=O)(O)OP(=O)(O)OC[C@H]1O[C@@H](n3cnc4c(=O)[nH]c(N)nc43)[C@@H](O)C1O)CN2C. The predicted octanol–water partition coefficient (Wildman–Crippen LogP) is -3.57. The summed E-state index contributed by atoms with van der Waals surface area (Å²) in [6.07, 6.45) is -5.80. The van der Waals surface area contributed by atoms with E-state index >= 15 is 0 Å². The molecule has 3 fully saturated rings. The third-order valence-corrected chi connectivity index (χ3v) is 13.4. The Morgan fingerprint density at radius 3 is 2.35 bits per heavy atom. The lowest BCUT2D eigenvalue weighted by atomic mass is 10.0. The Balaban J connectivity index is 0.993. The van der Waals surface area contributed by atoms with E-state index in [2.05, 4.69) is 38.1 Å². The number of nitrogens with one attached hydrogen (secondary N) is 2. The number of methoxy groups -OCH3 is 1. The molecule has 0 spiro atoms. The van der Waals surface area contributed by atoms with Crippen LogP contribution in [0.1, 0.15) is 12.5 Å². The third-order valence-electron chi connectivity index (χ3n) is 9.17. The number of phosphoric ester groups is 2. The number of H-pyrrole nitrogens is 2. The molecule has 7 heterocycles. The molecule has 302 valence electrons. The number of nitrogens with zero attached hydrogens (tertiary/aromatic N) is 7. The monoisotopic (exact) mass is 842 g/mol. The van der Waals surface area contributed by atoms with Gasteiger partial charge in [-0.15, -0.1) is 0 Å². The fourth-order valence-electron chi connectivity index (χ4n) is 7.04. The van der Waals surface area contributed by atoms with Crippen LogP contribution in [-0.4, -0.2) is 134 Å². The van der Waals surface area contributed by atoms with Crippen LogP contribution in [0.3, 0.4) is 0 Å². The summed E-state index contributed by atoms with van der Waals surface area (Å²) < 4.78 is 78.0. The molecule has 3 aliphatic rings. The standard InChI is InChI=1S/C24H34N11O17P3/c1-32-5-24(15(46-3)11(32)20(50-24)35-8-33(2)12-17(35)29-23(26)31-19(12)39)6-48-54(42,43)52-55(44,45)51-53(40,41)47-4-9-13(36)14(37)21(49-9)34-7-27-10-16(34)28-22(25)30-18(10)38/h7-9,11,13-15,20-21,36-37H,4-6H2,1-3H3,(H8-,25,26,28,29,30,31,38,39,40,41,42,43,44,45)/p+1/t9-,11?,13?,14+,15-,20-,21-,24-/m1/s1. The first kappa shape index (κ1) is 39.7. The molecule has 11 N–H and O–H groups in total. The van der Waals surface area contributed by atoms with Crippen LogP contribution in [0.5, 0.6) is 0 Å². The zero-order chi connectivity index (χ0) is 40.0. The minimum Gasteiger partial charge on any atom is -0.387 e. The molecule has 3 aliphatic heterocycles. The summed E-state index contributed by atoms with van der Waals surface area (Å²) in [5.74, 6) is -0.458. The van der Waals surface area contributed by atoms with Crippen molar-refractivity contribution in [2.24, 2.45) is 7.05 Å². The Kier molecular flexibility index (Phi) is 9.99. The second-order valence-corrected chi connectivity index (χ2v) is 17.5. The van der Waals surface area contributed by atoms with Crippen LogP contribution in [-0.2, 0) is 52.6 Å². The Morgan fingerprint density at radius 2 is 1.65 bits per heavy atom. The molecule has 0 aromatic carbocycles. The Hall–Kier alpha value is -3.53. The van der Waals surface area contributed by atoms with Crippen LogP contribution in [0.4, 0.5) is 11.9 Å². The van der Waals surface area contributed by atoms with E-state index in [0.717, 1.165) is 10.9 Å². The van der Waals surface area contributed by atoms with Gasteiger partial charge in [-0.05, 0) is 7.05 Å². The van der Waals surface area contributed by atoms with Crippen molar-refractivity contribution in [1.82, 2.24) is 39.0 Å². The fourth-order valence-corrected chi connectivity index (χ4v) is 10.6. The topological polar surface area (TPSA) is 390 Å². The van der Waals surface area contributed by atoms with Crippen LogP contribution in [0.25, 0.3) is 22.3 Å². The van der Waals surface area contributed by atoms with Crippen molar-refractivity contribution < 1.29 is 75.0 Å². The van der Waals surface area contributed by atoms with Gasteiger partial charge < -0.3 is 50.6 Å². The molecule has 4 aromatic heterocycles. The van der Waals surface area contributed by atoms with Gasteiger partial charge in [-0.1, -0.05) is 4.98 Å². The van der Waals surface area contributed by atoms with E-state index in [0.29, 0.717) is 0 Å². The van der Waals surface area contributed by atoms with Gasteiger partial charge in [0.15, 0.2) is 23.7 Å². The van der Waals surface area contributed by atoms with Crippen LogP contribution in [0.15, 0.2) is 22.2 Å². The highest BCUT2D eigenvalue weighted by Gasteiger charge is 2.66. The maximum Gasteiger partial charge on any atom is 0.490 e. The third kappa shape index (κ3) is 7.18. The van der Waals surface area contributed by atoms with E-state index in [1.54, 1.807) is 19.0 Å². The molecule has 0 aliphatic carbocycles. The maximum absolute atomic E-state index is 12.9. The lowest BCUT2D eigenvalue weighted by Gasteiger charge is -2.34. The molecule has 31 heteroatoms. The number of hydrogen-bond acceptors (Lipinski definition) is 20. The minimum absolute atomic E-state index is 0.0473.